The summed E-state index contributed by atoms with van der Waals surface area (Å²) in [5.74, 6) is -2.67. The third kappa shape index (κ3) is 4.18. The van der Waals surface area contributed by atoms with E-state index in [4.69, 9.17) is 0 Å². The largest absolute Gasteiger partial charge is 0.327 e. The Morgan fingerprint density at radius 2 is 1.88 bits per heavy atom. The van der Waals surface area contributed by atoms with Gasteiger partial charge in [0, 0.05) is 38.3 Å². The summed E-state index contributed by atoms with van der Waals surface area (Å²) in [6, 6.07) is 9.05. The number of hydrogen-bond donors (Lipinski definition) is 1. The van der Waals surface area contributed by atoms with Crippen LogP contribution in [0.1, 0.15) is 41.1 Å². The molecule has 0 unspecified atom stereocenters. The Balaban J connectivity index is 1.82. The van der Waals surface area contributed by atoms with Gasteiger partial charge in [-0.15, -0.1) is 0 Å². The first-order valence-corrected chi connectivity index (χ1v) is 8.76. The number of halogens is 2. The van der Waals surface area contributed by atoms with Crippen LogP contribution in [0.25, 0.3) is 0 Å². The van der Waals surface area contributed by atoms with Gasteiger partial charge in [-0.25, -0.2) is 13.6 Å². The first kappa shape index (κ1) is 18.3. The zero-order valence-electron chi connectivity index (χ0n) is 15.0. The van der Waals surface area contributed by atoms with Crippen molar-refractivity contribution >= 4 is 6.03 Å². The lowest BCUT2D eigenvalue weighted by atomic mass is 9.96. The SMILES string of the molecule is Cc1ccc([C@H](NC(=O)N2CCC(F)(F)CC2)c2cccnc2)cc1C. The van der Waals surface area contributed by atoms with Gasteiger partial charge in [0.05, 0.1) is 6.04 Å². The number of nitrogens with zero attached hydrogens (tertiary/aromatic N) is 2. The van der Waals surface area contributed by atoms with Gasteiger partial charge in [0.25, 0.3) is 5.92 Å². The van der Waals surface area contributed by atoms with Gasteiger partial charge in [-0.05, 0) is 42.2 Å². The van der Waals surface area contributed by atoms with Crippen molar-refractivity contribution in [1.82, 2.24) is 15.2 Å². The Morgan fingerprint density at radius 1 is 1.15 bits per heavy atom. The predicted molar refractivity (Wildman–Crippen MR) is 96.3 cm³/mol. The molecule has 0 radical (unpaired) electrons. The molecule has 1 aliphatic heterocycles. The van der Waals surface area contributed by atoms with Crippen molar-refractivity contribution in [3.63, 3.8) is 0 Å². The van der Waals surface area contributed by atoms with Crippen molar-refractivity contribution < 1.29 is 13.6 Å². The maximum absolute atomic E-state index is 13.3. The van der Waals surface area contributed by atoms with Crippen molar-refractivity contribution in [2.75, 3.05) is 13.1 Å². The number of pyridine rings is 1. The lowest BCUT2D eigenvalue weighted by Gasteiger charge is -2.33. The Bertz CT molecular complexity index is 770. The molecular weight excluding hydrogens is 336 g/mol. The molecule has 1 aromatic carbocycles. The van der Waals surface area contributed by atoms with E-state index in [-0.39, 0.29) is 38.0 Å². The monoisotopic (exact) mass is 359 g/mol. The van der Waals surface area contributed by atoms with Gasteiger partial charge in [-0.2, -0.15) is 0 Å². The van der Waals surface area contributed by atoms with Crippen molar-refractivity contribution in [2.24, 2.45) is 0 Å². The summed E-state index contributed by atoms with van der Waals surface area (Å²) in [6.07, 6.45) is 2.81. The molecule has 2 aromatic rings. The summed E-state index contributed by atoms with van der Waals surface area (Å²) in [5, 5.41) is 3.00. The number of aromatic nitrogens is 1. The summed E-state index contributed by atoms with van der Waals surface area (Å²) < 4.78 is 26.7. The zero-order valence-corrected chi connectivity index (χ0v) is 15.0. The molecule has 4 nitrogen and oxygen atoms in total. The fourth-order valence-corrected chi connectivity index (χ4v) is 3.10. The summed E-state index contributed by atoms with van der Waals surface area (Å²) in [4.78, 5) is 18.3. The number of carbonyl (C=O) groups is 1. The van der Waals surface area contributed by atoms with Crippen molar-refractivity contribution in [2.45, 2.75) is 38.7 Å². The second-order valence-corrected chi connectivity index (χ2v) is 6.86. The highest BCUT2D eigenvalue weighted by molar-refractivity contribution is 5.75. The third-order valence-corrected chi connectivity index (χ3v) is 4.93. The van der Waals surface area contributed by atoms with E-state index < -0.39 is 5.92 Å². The maximum atomic E-state index is 13.3. The molecular formula is C20H23F2N3O. The summed E-state index contributed by atoms with van der Waals surface area (Å²) in [5.41, 5.74) is 4.09. The van der Waals surface area contributed by atoms with E-state index in [2.05, 4.69) is 10.3 Å². The van der Waals surface area contributed by atoms with E-state index in [0.717, 1.165) is 16.7 Å². The smallest absolute Gasteiger partial charge is 0.318 e. The maximum Gasteiger partial charge on any atom is 0.318 e. The number of piperidine rings is 1. The first-order valence-electron chi connectivity index (χ1n) is 8.76. The number of benzene rings is 1. The van der Waals surface area contributed by atoms with Crippen LogP contribution in [0.15, 0.2) is 42.7 Å². The number of amides is 2. The van der Waals surface area contributed by atoms with E-state index in [1.165, 1.54) is 10.5 Å². The molecule has 0 saturated carbocycles. The van der Waals surface area contributed by atoms with E-state index in [9.17, 15) is 13.6 Å². The fraction of sp³-hybridized carbons (Fsp3) is 0.400. The normalized spacial score (nSPS) is 17.6. The topological polar surface area (TPSA) is 45.2 Å². The number of hydrogen-bond acceptors (Lipinski definition) is 2. The van der Waals surface area contributed by atoms with E-state index in [1.54, 1.807) is 12.4 Å². The standard InChI is InChI=1S/C20H23F2N3O/c1-14-5-6-16(12-15(14)2)18(17-4-3-9-23-13-17)24-19(26)25-10-7-20(21,22)8-11-25/h3-6,9,12-13,18H,7-8,10-11H2,1-2H3,(H,24,26)/t18-/m0/s1. The summed E-state index contributed by atoms with van der Waals surface area (Å²) in [6.45, 7) is 4.18. The summed E-state index contributed by atoms with van der Waals surface area (Å²) in [7, 11) is 0. The van der Waals surface area contributed by atoms with Crippen LogP contribution >= 0.6 is 0 Å². The Hall–Kier alpha value is -2.50. The molecule has 1 aromatic heterocycles. The minimum atomic E-state index is -2.67. The van der Waals surface area contributed by atoms with Crippen LogP contribution in [0.2, 0.25) is 0 Å². The lowest BCUT2D eigenvalue weighted by molar-refractivity contribution is -0.0470. The Morgan fingerprint density at radius 3 is 2.50 bits per heavy atom. The molecule has 0 aliphatic carbocycles. The molecule has 1 atom stereocenters. The van der Waals surface area contributed by atoms with Crippen LogP contribution in [-0.4, -0.2) is 34.9 Å². The highest BCUT2D eigenvalue weighted by atomic mass is 19.3. The predicted octanol–water partition coefficient (Wildman–Crippen LogP) is 4.23. The van der Waals surface area contributed by atoms with Crippen LogP contribution in [-0.2, 0) is 0 Å². The molecule has 6 heteroatoms. The van der Waals surface area contributed by atoms with E-state index >= 15 is 0 Å². The van der Waals surface area contributed by atoms with Gasteiger partial charge in [0.1, 0.15) is 0 Å². The highest BCUT2D eigenvalue weighted by Gasteiger charge is 2.36. The number of nitrogens with one attached hydrogen (secondary N) is 1. The second kappa shape index (κ2) is 7.40. The van der Waals surface area contributed by atoms with Gasteiger partial charge < -0.3 is 10.2 Å². The van der Waals surface area contributed by atoms with Crippen molar-refractivity contribution in [3.05, 3.63) is 65.0 Å². The molecule has 1 fully saturated rings. The quantitative estimate of drug-likeness (QED) is 0.891. The van der Waals surface area contributed by atoms with Crippen LogP contribution in [0.5, 0.6) is 0 Å². The lowest BCUT2D eigenvalue weighted by Crippen LogP contribution is -2.48. The molecule has 138 valence electrons. The molecule has 1 saturated heterocycles. The van der Waals surface area contributed by atoms with Gasteiger partial charge in [0.2, 0.25) is 0 Å². The van der Waals surface area contributed by atoms with Crippen LogP contribution < -0.4 is 5.32 Å². The third-order valence-electron chi connectivity index (χ3n) is 4.93. The molecule has 0 bridgehead atoms. The summed E-state index contributed by atoms with van der Waals surface area (Å²) >= 11 is 0. The molecule has 26 heavy (non-hydrogen) atoms. The van der Waals surface area contributed by atoms with Gasteiger partial charge >= 0.3 is 6.03 Å². The number of urea groups is 1. The van der Waals surface area contributed by atoms with E-state index in [1.807, 2.05) is 44.2 Å². The Kier molecular flexibility index (Phi) is 5.20. The molecule has 0 spiro atoms. The van der Waals surface area contributed by atoms with Gasteiger partial charge in [-0.1, -0.05) is 24.3 Å². The van der Waals surface area contributed by atoms with Gasteiger partial charge in [-0.3, -0.25) is 4.98 Å². The molecule has 3 rings (SSSR count). The van der Waals surface area contributed by atoms with Crippen molar-refractivity contribution in [3.8, 4) is 0 Å². The number of alkyl halides is 2. The highest BCUT2D eigenvalue weighted by Crippen LogP contribution is 2.29. The number of aryl methyl sites for hydroxylation is 2. The average Bonchev–Trinajstić information content (AvgIpc) is 2.62. The average molecular weight is 359 g/mol. The number of rotatable bonds is 3. The number of likely N-dealkylation sites (tertiary alicyclic amines) is 1. The van der Waals surface area contributed by atoms with Gasteiger partial charge in [0.15, 0.2) is 0 Å². The first-order chi connectivity index (χ1) is 12.4. The minimum Gasteiger partial charge on any atom is -0.327 e. The van der Waals surface area contributed by atoms with Crippen LogP contribution in [0, 0.1) is 13.8 Å². The Labute approximate surface area is 152 Å². The zero-order chi connectivity index (χ0) is 18.7. The van der Waals surface area contributed by atoms with Crippen LogP contribution in [0.4, 0.5) is 13.6 Å². The molecule has 1 aliphatic rings. The van der Waals surface area contributed by atoms with Crippen molar-refractivity contribution in [1.29, 1.82) is 0 Å². The fourth-order valence-electron chi connectivity index (χ4n) is 3.10. The molecule has 2 heterocycles. The molecule has 2 amide bonds. The second-order valence-electron chi connectivity index (χ2n) is 6.86. The number of carbonyl (C=O) groups excluding carboxylic acids is 1. The molecule has 1 N–H and O–H groups in total. The van der Waals surface area contributed by atoms with E-state index in [0.29, 0.717) is 0 Å². The van der Waals surface area contributed by atoms with Crippen LogP contribution in [0.3, 0.4) is 0 Å². The minimum absolute atomic E-state index is 0.0610.